The Labute approximate surface area is 171 Å². The minimum atomic E-state index is -1.80. The second-order valence-corrected chi connectivity index (χ2v) is 10.8. The Balaban J connectivity index is 1.79. The lowest BCUT2D eigenvalue weighted by Gasteiger charge is -2.65. The van der Waals surface area contributed by atoms with Crippen molar-refractivity contribution in [2.75, 3.05) is 5.88 Å². The minimum Gasteiger partial charge on any atom is -0.390 e. The van der Waals surface area contributed by atoms with E-state index in [1.807, 2.05) is 20.8 Å². The van der Waals surface area contributed by atoms with Gasteiger partial charge in [0.1, 0.15) is 17.1 Å². The van der Waals surface area contributed by atoms with Gasteiger partial charge in [0.25, 0.3) is 0 Å². The number of aliphatic hydroxyl groups excluding tert-OH is 1. The van der Waals surface area contributed by atoms with E-state index in [-0.39, 0.29) is 35.8 Å². The summed E-state index contributed by atoms with van der Waals surface area (Å²) in [6.45, 7) is 5.59. The fraction of sp³-hybridized carbons (Fsp3) is 0.909. The fourth-order valence-electron chi connectivity index (χ4n) is 8.08. The second-order valence-electron chi connectivity index (χ2n) is 10.5. The van der Waals surface area contributed by atoms with E-state index in [4.69, 9.17) is 11.6 Å². The van der Waals surface area contributed by atoms with Crippen molar-refractivity contribution in [2.45, 2.75) is 83.1 Å². The van der Waals surface area contributed by atoms with E-state index in [1.54, 1.807) is 0 Å². The van der Waals surface area contributed by atoms with Crippen LogP contribution in [0.1, 0.15) is 65.7 Å². The third-order valence-electron chi connectivity index (χ3n) is 9.68. The van der Waals surface area contributed by atoms with Crippen molar-refractivity contribution >= 4 is 23.2 Å². The third kappa shape index (κ3) is 2.19. The summed E-state index contributed by atoms with van der Waals surface area (Å²) in [6.07, 6.45) is 1.90. The van der Waals surface area contributed by atoms with Crippen LogP contribution >= 0.6 is 11.6 Å². The highest BCUT2D eigenvalue weighted by atomic mass is 35.5. The van der Waals surface area contributed by atoms with Gasteiger partial charge in [-0.15, -0.1) is 11.6 Å². The maximum absolute atomic E-state index is 17.0. The van der Waals surface area contributed by atoms with Gasteiger partial charge in [0.15, 0.2) is 5.78 Å². The van der Waals surface area contributed by atoms with E-state index in [1.165, 1.54) is 0 Å². The Kier molecular flexibility index (Phi) is 4.62. The summed E-state index contributed by atoms with van der Waals surface area (Å²) in [4.78, 5) is 24.7. The molecule has 0 aromatic heterocycles. The second kappa shape index (κ2) is 6.24. The largest absolute Gasteiger partial charge is 0.390 e. The van der Waals surface area contributed by atoms with Gasteiger partial charge >= 0.3 is 0 Å². The number of aliphatic hydroxyl groups is 2. The van der Waals surface area contributed by atoms with Gasteiger partial charge in [0, 0.05) is 23.7 Å². The molecule has 4 saturated carbocycles. The van der Waals surface area contributed by atoms with E-state index in [9.17, 15) is 19.8 Å². The van der Waals surface area contributed by atoms with Crippen LogP contribution < -0.4 is 0 Å². The Bertz CT molecular complexity index is 715. The molecule has 0 saturated heterocycles. The average molecular weight is 415 g/mol. The van der Waals surface area contributed by atoms with Crippen molar-refractivity contribution in [2.24, 2.45) is 34.5 Å². The highest BCUT2D eigenvalue weighted by Crippen LogP contribution is 2.71. The van der Waals surface area contributed by atoms with E-state index < -0.39 is 39.9 Å². The van der Waals surface area contributed by atoms with Crippen molar-refractivity contribution in [1.29, 1.82) is 0 Å². The van der Waals surface area contributed by atoms with Crippen LogP contribution in [0, 0.1) is 34.5 Å². The van der Waals surface area contributed by atoms with Crippen LogP contribution in [-0.2, 0) is 9.59 Å². The predicted molar refractivity (Wildman–Crippen MR) is 104 cm³/mol. The molecule has 4 aliphatic carbocycles. The summed E-state index contributed by atoms with van der Waals surface area (Å²) in [6, 6.07) is 0. The molecule has 4 rings (SSSR count). The van der Waals surface area contributed by atoms with Crippen molar-refractivity contribution in [3.63, 3.8) is 0 Å². The Morgan fingerprint density at radius 2 is 1.93 bits per heavy atom. The van der Waals surface area contributed by atoms with Crippen molar-refractivity contribution in [3.8, 4) is 0 Å². The number of alkyl halides is 2. The zero-order valence-corrected chi connectivity index (χ0v) is 17.8. The van der Waals surface area contributed by atoms with Gasteiger partial charge in [-0.25, -0.2) is 4.39 Å². The quantitative estimate of drug-likeness (QED) is 0.678. The molecule has 6 heteroatoms. The standard InChI is InChI=1S/C22H32ClFO4/c1-12-8-16-15-5-4-13-9-14(25)6-7-19(13,2)21(15,24)17(26)10-20(16,3)22(12,28)18(27)11-23/h12-13,15-17,26,28H,4-11H2,1-3H3/t12-,13+,15+,16+,17+,19+,20+,21+,22+/m1/s1. The molecule has 0 amide bonds. The van der Waals surface area contributed by atoms with Gasteiger partial charge in [-0.2, -0.15) is 0 Å². The number of ketones is 2. The summed E-state index contributed by atoms with van der Waals surface area (Å²) in [7, 11) is 0. The molecule has 4 aliphatic rings. The van der Waals surface area contributed by atoms with Crippen LogP contribution in [0.15, 0.2) is 0 Å². The van der Waals surface area contributed by atoms with Crippen molar-refractivity contribution in [3.05, 3.63) is 0 Å². The first-order chi connectivity index (χ1) is 13.0. The van der Waals surface area contributed by atoms with Crippen LogP contribution in [0.4, 0.5) is 4.39 Å². The summed E-state index contributed by atoms with van der Waals surface area (Å²) >= 11 is 5.83. The topological polar surface area (TPSA) is 74.6 Å². The summed E-state index contributed by atoms with van der Waals surface area (Å²) in [5.74, 6) is -1.51. The smallest absolute Gasteiger partial charge is 0.179 e. The molecule has 0 aromatic rings. The molecule has 0 heterocycles. The van der Waals surface area contributed by atoms with Gasteiger partial charge in [0.2, 0.25) is 0 Å². The summed E-state index contributed by atoms with van der Waals surface area (Å²) in [5.41, 5.74) is -5.07. The van der Waals surface area contributed by atoms with Crippen LogP contribution in [0.2, 0.25) is 0 Å². The normalized spacial score (nSPS) is 56.0. The van der Waals surface area contributed by atoms with Gasteiger partial charge in [-0.3, -0.25) is 9.59 Å². The lowest BCUT2D eigenvalue weighted by atomic mass is 9.42. The molecule has 4 fully saturated rings. The van der Waals surface area contributed by atoms with Crippen LogP contribution in [0.25, 0.3) is 0 Å². The minimum absolute atomic E-state index is 0.0452. The molecule has 2 N–H and O–H groups in total. The first kappa shape index (κ1) is 20.7. The third-order valence-corrected chi connectivity index (χ3v) is 9.93. The molecule has 0 aromatic carbocycles. The molecule has 0 aliphatic heterocycles. The number of Topliss-reactive ketones (excluding diaryl/α,β-unsaturated/α-hetero) is 2. The molecular formula is C22H32ClFO4. The average Bonchev–Trinajstić information content (AvgIpc) is 2.84. The zero-order valence-electron chi connectivity index (χ0n) is 17.0. The molecule has 0 radical (unpaired) electrons. The fourth-order valence-corrected chi connectivity index (χ4v) is 8.29. The van der Waals surface area contributed by atoms with Crippen LogP contribution in [-0.4, -0.2) is 45.0 Å². The van der Waals surface area contributed by atoms with Crippen molar-refractivity contribution < 1.29 is 24.2 Å². The van der Waals surface area contributed by atoms with Crippen LogP contribution in [0.3, 0.4) is 0 Å². The molecule has 0 bridgehead atoms. The highest BCUT2D eigenvalue weighted by molar-refractivity contribution is 6.29. The highest BCUT2D eigenvalue weighted by Gasteiger charge is 2.76. The molecular weight excluding hydrogens is 383 g/mol. The Hall–Kier alpha value is -0.520. The SMILES string of the molecule is C[C@@H]1C[C@H]2[C@@H]3CC[C@H]4CC(=O)CC[C@]4(C)[C@@]3(F)[C@@H](O)C[C@]2(C)[C@@]1(O)C(=O)CCl. The number of fused-ring (bicyclic) bond motifs is 5. The predicted octanol–water partition coefficient (Wildman–Crippen LogP) is 3.45. The van der Waals surface area contributed by atoms with Gasteiger partial charge in [-0.1, -0.05) is 20.8 Å². The Morgan fingerprint density at radius 1 is 1.25 bits per heavy atom. The number of hydrogen-bond donors (Lipinski definition) is 2. The lowest BCUT2D eigenvalue weighted by molar-refractivity contribution is -0.254. The number of carbonyl (C=O) groups excluding carboxylic acids is 2. The summed E-state index contributed by atoms with van der Waals surface area (Å²) in [5, 5.41) is 22.7. The molecule has 28 heavy (non-hydrogen) atoms. The molecule has 4 nitrogen and oxygen atoms in total. The van der Waals surface area contributed by atoms with E-state index in [0.717, 1.165) is 6.42 Å². The van der Waals surface area contributed by atoms with Gasteiger partial charge in [-0.05, 0) is 55.8 Å². The first-order valence-electron chi connectivity index (χ1n) is 10.7. The van der Waals surface area contributed by atoms with Gasteiger partial charge in [0.05, 0.1) is 12.0 Å². The van der Waals surface area contributed by atoms with Crippen LogP contribution in [0.5, 0.6) is 0 Å². The molecule has 0 unspecified atom stereocenters. The number of carbonyl (C=O) groups is 2. The lowest BCUT2D eigenvalue weighted by Crippen LogP contribution is -2.71. The maximum atomic E-state index is 17.0. The molecule has 0 spiro atoms. The molecule has 158 valence electrons. The maximum Gasteiger partial charge on any atom is 0.179 e. The van der Waals surface area contributed by atoms with E-state index >= 15 is 4.39 Å². The Morgan fingerprint density at radius 3 is 2.57 bits per heavy atom. The monoisotopic (exact) mass is 414 g/mol. The van der Waals surface area contributed by atoms with Crippen molar-refractivity contribution in [1.82, 2.24) is 0 Å². The van der Waals surface area contributed by atoms with E-state index in [0.29, 0.717) is 32.1 Å². The number of hydrogen-bond acceptors (Lipinski definition) is 4. The van der Waals surface area contributed by atoms with Gasteiger partial charge < -0.3 is 10.2 Å². The number of halogens is 2. The van der Waals surface area contributed by atoms with E-state index in [2.05, 4.69) is 0 Å². The molecule has 9 atom stereocenters. The first-order valence-corrected chi connectivity index (χ1v) is 11.2. The zero-order chi connectivity index (χ0) is 20.7. The number of rotatable bonds is 2. The summed E-state index contributed by atoms with van der Waals surface area (Å²) < 4.78 is 17.0.